The van der Waals surface area contributed by atoms with Crippen LogP contribution in [-0.4, -0.2) is 41.0 Å². The van der Waals surface area contributed by atoms with Crippen LogP contribution in [0.1, 0.15) is 43.0 Å². The molecule has 1 aliphatic carbocycles. The maximum Gasteiger partial charge on any atom is 0.0779 e. The van der Waals surface area contributed by atoms with Crippen LogP contribution >= 0.6 is 0 Å². The Kier molecular flexibility index (Phi) is 3.30. The van der Waals surface area contributed by atoms with Crippen LogP contribution in [-0.2, 0) is 17.5 Å². The number of H-pyrrole nitrogens is 1. The zero-order chi connectivity index (χ0) is 19.1. The summed E-state index contributed by atoms with van der Waals surface area (Å²) in [4.78, 5) is 9.17. The highest BCUT2D eigenvalue weighted by atomic mass is 15.4. The van der Waals surface area contributed by atoms with Crippen LogP contribution < -0.4 is 0 Å². The van der Waals surface area contributed by atoms with Crippen molar-refractivity contribution in [1.29, 1.82) is 0 Å². The van der Waals surface area contributed by atoms with Crippen LogP contribution in [0.2, 0.25) is 0 Å². The SMILES string of the molecule is CC1Cc2c([nH]c3ccccc23)C23CCC(c4ccccc4)(N(C)C)CC2N13. The van der Waals surface area contributed by atoms with Crippen LogP contribution in [0.4, 0.5) is 0 Å². The first-order valence-electron chi connectivity index (χ1n) is 10.7. The van der Waals surface area contributed by atoms with Crippen molar-refractivity contribution in [1.82, 2.24) is 14.8 Å². The van der Waals surface area contributed by atoms with Gasteiger partial charge >= 0.3 is 0 Å². The number of hydrogen-bond acceptors (Lipinski definition) is 2. The molecule has 6 rings (SSSR count). The molecule has 3 nitrogen and oxygen atoms in total. The smallest absolute Gasteiger partial charge is 0.0779 e. The lowest BCUT2D eigenvalue weighted by atomic mass is 9.70. The molecule has 1 spiro atoms. The van der Waals surface area contributed by atoms with Crippen LogP contribution in [0.3, 0.4) is 0 Å². The Balaban J connectivity index is 1.46. The van der Waals surface area contributed by atoms with Crippen molar-refractivity contribution >= 4 is 10.9 Å². The van der Waals surface area contributed by atoms with Crippen molar-refractivity contribution in [3.05, 3.63) is 71.4 Å². The maximum atomic E-state index is 3.86. The monoisotopic (exact) mass is 371 g/mol. The summed E-state index contributed by atoms with van der Waals surface area (Å²) in [5.74, 6) is 0. The molecule has 0 radical (unpaired) electrons. The van der Waals surface area contributed by atoms with Gasteiger partial charge in [-0.2, -0.15) is 0 Å². The molecule has 3 aromatic rings. The third kappa shape index (κ3) is 1.92. The van der Waals surface area contributed by atoms with E-state index in [2.05, 4.69) is 90.4 Å². The molecule has 0 amide bonds. The number of fused-ring (bicyclic) bond motifs is 4. The van der Waals surface area contributed by atoms with Crippen molar-refractivity contribution in [2.45, 2.75) is 55.8 Å². The molecule has 144 valence electrons. The molecule has 1 N–H and O–H groups in total. The minimum Gasteiger partial charge on any atom is -0.357 e. The predicted octanol–water partition coefficient (Wildman–Crippen LogP) is 4.63. The summed E-state index contributed by atoms with van der Waals surface area (Å²) in [5, 5.41) is 1.44. The van der Waals surface area contributed by atoms with E-state index in [1.165, 1.54) is 41.4 Å². The molecule has 3 aliphatic rings. The van der Waals surface area contributed by atoms with Gasteiger partial charge in [-0.1, -0.05) is 48.5 Å². The highest BCUT2D eigenvalue weighted by molar-refractivity contribution is 5.86. The second kappa shape index (κ2) is 5.49. The van der Waals surface area contributed by atoms with E-state index in [0.29, 0.717) is 12.1 Å². The number of hydrogen-bond donors (Lipinski definition) is 1. The Bertz CT molecular complexity index is 1050. The third-order valence-corrected chi connectivity index (χ3v) is 8.12. The number of aromatic amines is 1. The van der Waals surface area contributed by atoms with Crippen molar-refractivity contribution in [2.24, 2.45) is 0 Å². The minimum atomic E-state index is 0.139. The van der Waals surface area contributed by atoms with E-state index < -0.39 is 0 Å². The van der Waals surface area contributed by atoms with Gasteiger partial charge in [0.2, 0.25) is 0 Å². The summed E-state index contributed by atoms with van der Waals surface area (Å²) in [5.41, 5.74) is 6.27. The number of aromatic nitrogens is 1. The van der Waals surface area contributed by atoms with Crippen LogP contribution in [0.15, 0.2) is 54.6 Å². The molecule has 1 aromatic heterocycles. The molecule has 5 unspecified atom stereocenters. The van der Waals surface area contributed by atoms with Gasteiger partial charge < -0.3 is 4.98 Å². The average Bonchev–Trinajstić information content (AvgIpc) is 3.27. The van der Waals surface area contributed by atoms with E-state index in [0.717, 1.165) is 6.42 Å². The van der Waals surface area contributed by atoms with Gasteiger partial charge in [-0.3, -0.25) is 9.80 Å². The van der Waals surface area contributed by atoms with E-state index in [1.807, 2.05) is 0 Å². The maximum absolute atomic E-state index is 3.86. The molecule has 2 fully saturated rings. The van der Waals surface area contributed by atoms with Gasteiger partial charge in [0.25, 0.3) is 0 Å². The lowest BCUT2D eigenvalue weighted by molar-refractivity contribution is 0.0987. The Morgan fingerprint density at radius 1 is 1.00 bits per heavy atom. The van der Waals surface area contributed by atoms with Gasteiger partial charge in [-0.05, 0) is 63.9 Å². The summed E-state index contributed by atoms with van der Waals surface area (Å²) >= 11 is 0. The fraction of sp³-hybridized carbons (Fsp3) is 0.440. The highest BCUT2D eigenvalue weighted by Crippen LogP contribution is 2.66. The van der Waals surface area contributed by atoms with Crippen LogP contribution in [0, 0.1) is 0 Å². The van der Waals surface area contributed by atoms with Crippen molar-refractivity contribution in [2.75, 3.05) is 14.1 Å². The lowest BCUT2D eigenvalue weighted by Gasteiger charge is -2.44. The topological polar surface area (TPSA) is 22.0 Å². The molecule has 28 heavy (non-hydrogen) atoms. The summed E-state index contributed by atoms with van der Waals surface area (Å²) in [6.45, 7) is 2.44. The second-order valence-electron chi connectivity index (χ2n) is 9.42. The molecule has 0 bridgehead atoms. The van der Waals surface area contributed by atoms with Crippen molar-refractivity contribution < 1.29 is 0 Å². The molecule has 3 heteroatoms. The second-order valence-corrected chi connectivity index (χ2v) is 9.42. The number of nitrogens with one attached hydrogen (secondary N) is 1. The molecule has 3 heterocycles. The standard InChI is InChI=1S/C25H29N3/c1-17-15-20-19-11-7-8-12-21(19)26-23(20)25-14-13-24(27(2)3,16-22(25)28(17)25)18-9-5-4-6-10-18/h4-12,17,22,26H,13-16H2,1-3H3. The van der Waals surface area contributed by atoms with E-state index in [9.17, 15) is 0 Å². The minimum absolute atomic E-state index is 0.139. The highest BCUT2D eigenvalue weighted by Gasteiger charge is 2.72. The largest absolute Gasteiger partial charge is 0.357 e. The Hall–Kier alpha value is -2.10. The molecular formula is C25H29N3. The normalized spacial score (nSPS) is 36.1. The Morgan fingerprint density at radius 2 is 1.75 bits per heavy atom. The predicted molar refractivity (Wildman–Crippen MR) is 114 cm³/mol. The first-order valence-corrected chi connectivity index (χ1v) is 10.7. The Labute approximate surface area is 167 Å². The Morgan fingerprint density at radius 3 is 2.54 bits per heavy atom. The average molecular weight is 372 g/mol. The van der Waals surface area contributed by atoms with Gasteiger partial charge in [0.15, 0.2) is 0 Å². The van der Waals surface area contributed by atoms with E-state index in [4.69, 9.17) is 0 Å². The fourth-order valence-corrected chi connectivity index (χ4v) is 6.77. The quantitative estimate of drug-likeness (QED) is 0.663. The molecule has 1 saturated heterocycles. The van der Waals surface area contributed by atoms with Crippen LogP contribution in [0.25, 0.3) is 10.9 Å². The fourth-order valence-electron chi connectivity index (χ4n) is 6.77. The number of nitrogens with zero attached hydrogens (tertiary/aromatic N) is 2. The zero-order valence-electron chi connectivity index (χ0n) is 17.1. The summed E-state index contributed by atoms with van der Waals surface area (Å²) in [7, 11) is 4.54. The zero-order valence-corrected chi connectivity index (χ0v) is 17.1. The molecule has 1 saturated carbocycles. The van der Waals surface area contributed by atoms with Gasteiger partial charge in [0, 0.05) is 34.2 Å². The molecule has 2 aromatic carbocycles. The molecule has 5 atom stereocenters. The van der Waals surface area contributed by atoms with Crippen molar-refractivity contribution in [3.8, 4) is 0 Å². The summed E-state index contributed by atoms with van der Waals surface area (Å²) in [6.07, 6.45) is 4.81. The van der Waals surface area contributed by atoms with Gasteiger partial charge in [0.1, 0.15) is 0 Å². The van der Waals surface area contributed by atoms with Crippen LogP contribution in [0.5, 0.6) is 0 Å². The molecular weight excluding hydrogens is 342 g/mol. The lowest BCUT2D eigenvalue weighted by Crippen LogP contribution is -2.46. The number of benzene rings is 2. The number of rotatable bonds is 2. The summed E-state index contributed by atoms with van der Waals surface area (Å²) < 4.78 is 0. The first-order chi connectivity index (χ1) is 13.6. The van der Waals surface area contributed by atoms with E-state index in [1.54, 1.807) is 5.56 Å². The summed E-state index contributed by atoms with van der Waals surface area (Å²) in [6, 6.07) is 21.3. The first kappa shape index (κ1) is 16.8. The van der Waals surface area contributed by atoms with Crippen molar-refractivity contribution in [3.63, 3.8) is 0 Å². The third-order valence-electron chi connectivity index (χ3n) is 8.12. The van der Waals surface area contributed by atoms with E-state index in [-0.39, 0.29) is 11.1 Å². The van der Waals surface area contributed by atoms with Gasteiger partial charge in [-0.25, -0.2) is 0 Å². The molecule has 2 aliphatic heterocycles. The van der Waals surface area contributed by atoms with E-state index >= 15 is 0 Å². The number of para-hydroxylation sites is 1. The van der Waals surface area contributed by atoms with Gasteiger partial charge in [0.05, 0.1) is 5.54 Å². The van der Waals surface area contributed by atoms with Gasteiger partial charge in [-0.15, -0.1) is 0 Å².